The van der Waals surface area contributed by atoms with E-state index in [1.165, 1.54) is 6.07 Å². The van der Waals surface area contributed by atoms with Gasteiger partial charge in [-0.05, 0) is 53.4 Å². The van der Waals surface area contributed by atoms with Crippen molar-refractivity contribution in [1.82, 2.24) is 0 Å². The predicted octanol–water partition coefficient (Wildman–Crippen LogP) is 3.84. The Kier molecular flexibility index (Phi) is 7.03. The average molecular weight is 387 g/mol. The van der Waals surface area contributed by atoms with Gasteiger partial charge in [-0.15, -0.1) is 13.2 Å². The topological polar surface area (TPSA) is 60.4 Å². The molecule has 4 nitrogen and oxygen atoms in total. The third-order valence-corrected chi connectivity index (χ3v) is 5.68. The lowest BCUT2D eigenvalue weighted by molar-refractivity contribution is 0.0510. The minimum atomic E-state index is -3.49. The van der Waals surface area contributed by atoms with Crippen LogP contribution in [0.15, 0.2) is 46.8 Å². The first-order chi connectivity index (χ1) is 10.3. The van der Waals surface area contributed by atoms with Gasteiger partial charge in [-0.1, -0.05) is 12.2 Å². The van der Waals surface area contributed by atoms with Crippen LogP contribution in [0.4, 0.5) is 0 Å². The van der Waals surface area contributed by atoms with Gasteiger partial charge in [-0.25, -0.2) is 13.2 Å². The Morgan fingerprint density at radius 2 is 1.91 bits per heavy atom. The summed E-state index contributed by atoms with van der Waals surface area (Å²) in [5.74, 6) is -0.588. The van der Waals surface area contributed by atoms with Crippen molar-refractivity contribution in [2.45, 2.75) is 24.7 Å². The SMILES string of the molecule is C=CCCOC(=O)c1cc(S(=O)(=O)CCC=C)c(Br)cc1C. The van der Waals surface area contributed by atoms with E-state index in [1.54, 1.807) is 25.1 Å². The highest BCUT2D eigenvalue weighted by Crippen LogP contribution is 2.27. The van der Waals surface area contributed by atoms with Crippen molar-refractivity contribution in [1.29, 1.82) is 0 Å². The molecule has 1 rings (SSSR count). The Labute approximate surface area is 139 Å². The van der Waals surface area contributed by atoms with Gasteiger partial charge in [-0.3, -0.25) is 0 Å². The van der Waals surface area contributed by atoms with E-state index in [-0.39, 0.29) is 22.8 Å². The van der Waals surface area contributed by atoms with Crippen molar-refractivity contribution in [3.63, 3.8) is 0 Å². The third-order valence-electron chi connectivity index (χ3n) is 2.98. The van der Waals surface area contributed by atoms with Crippen molar-refractivity contribution in [3.05, 3.63) is 53.0 Å². The molecule has 0 aliphatic heterocycles. The first-order valence-electron chi connectivity index (χ1n) is 6.75. The van der Waals surface area contributed by atoms with Gasteiger partial charge in [0.15, 0.2) is 9.84 Å². The molecule has 1 aromatic rings. The smallest absolute Gasteiger partial charge is 0.338 e. The van der Waals surface area contributed by atoms with Crippen LogP contribution in [0, 0.1) is 6.92 Å². The molecule has 0 radical (unpaired) electrons. The van der Waals surface area contributed by atoms with Crippen LogP contribution < -0.4 is 0 Å². The van der Waals surface area contributed by atoms with Crippen LogP contribution in [0.5, 0.6) is 0 Å². The normalized spacial score (nSPS) is 11.0. The van der Waals surface area contributed by atoms with Crippen molar-refractivity contribution >= 4 is 31.7 Å². The molecule has 1 aromatic carbocycles. The molecule has 22 heavy (non-hydrogen) atoms. The van der Waals surface area contributed by atoms with Crippen LogP contribution in [0.1, 0.15) is 28.8 Å². The van der Waals surface area contributed by atoms with Crippen molar-refractivity contribution < 1.29 is 17.9 Å². The number of benzene rings is 1. The summed E-state index contributed by atoms with van der Waals surface area (Å²) in [4.78, 5) is 12.2. The summed E-state index contributed by atoms with van der Waals surface area (Å²) in [5, 5.41) is 0. The Bertz CT molecular complexity index is 678. The third kappa shape index (κ3) is 4.81. The zero-order chi connectivity index (χ0) is 16.8. The van der Waals surface area contributed by atoms with Gasteiger partial charge in [0, 0.05) is 4.47 Å². The van der Waals surface area contributed by atoms with Crippen LogP contribution in [-0.4, -0.2) is 26.7 Å². The van der Waals surface area contributed by atoms with Crippen LogP contribution in [0.2, 0.25) is 0 Å². The molecule has 0 amide bonds. The highest BCUT2D eigenvalue weighted by Gasteiger charge is 2.21. The molecule has 0 saturated carbocycles. The van der Waals surface area contributed by atoms with Gasteiger partial charge >= 0.3 is 5.97 Å². The number of ether oxygens (including phenoxy) is 1. The molecule has 0 fully saturated rings. The number of rotatable bonds is 8. The Balaban J connectivity index is 3.16. The lowest BCUT2D eigenvalue weighted by Gasteiger charge is -2.11. The first-order valence-corrected chi connectivity index (χ1v) is 9.19. The molecule has 0 aliphatic rings. The highest BCUT2D eigenvalue weighted by molar-refractivity contribution is 9.10. The standard InChI is InChI=1S/C16H19BrO4S/c1-4-6-8-21-16(18)13-11-15(14(17)10-12(13)3)22(19,20)9-7-5-2/h4-5,10-11H,1-2,6-9H2,3H3. The highest BCUT2D eigenvalue weighted by atomic mass is 79.9. The number of halogens is 1. The fourth-order valence-corrected chi connectivity index (χ4v) is 4.32. The molecule has 0 N–H and O–H groups in total. The Hall–Kier alpha value is -1.40. The minimum absolute atomic E-state index is 0.0525. The van der Waals surface area contributed by atoms with E-state index in [1.807, 2.05) is 0 Å². The summed E-state index contributed by atoms with van der Waals surface area (Å²) in [6.45, 7) is 9.02. The van der Waals surface area contributed by atoms with Gasteiger partial charge in [-0.2, -0.15) is 0 Å². The molecule has 120 valence electrons. The van der Waals surface area contributed by atoms with E-state index in [0.29, 0.717) is 22.9 Å². The molecule has 0 aromatic heterocycles. The van der Waals surface area contributed by atoms with E-state index < -0.39 is 15.8 Å². The number of allylic oxidation sites excluding steroid dienone is 1. The van der Waals surface area contributed by atoms with Gasteiger partial charge in [0.1, 0.15) is 0 Å². The number of carbonyl (C=O) groups is 1. The molecule has 0 bridgehead atoms. The molecule has 0 spiro atoms. The van der Waals surface area contributed by atoms with E-state index in [0.717, 1.165) is 0 Å². The summed E-state index contributed by atoms with van der Waals surface area (Å²) >= 11 is 3.25. The first kappa shape index (κ1) is 18.6. The molecule has 0 saturated heterocycles. The molecule has 0 atom stereocenters. The number of hydrogen-bond donors (Lipinski definition) is 0. The Morgan fingerprint density at radius 1 is 1.27 bits per heavy atom. The second-order valence-electron chi connectivity index (χ2n) is 4.71. The number of carbonyl (C=O) groups excluding carboxylic acids is 1. The second-order valence-corrected chi connectivity index (χ2v) is 7.64. The number of esters is 1. The van der Waals surface area contributed by atoms with Crippen molar-refractivity contribution in [2.75, 3.05) is 12.4 Å². The maximum Gasteiger partial charge on any atom is 0.338 e. The second kappa shape index (κ2) is 8.29. The molecular weight excluding hydrogens is 368 g/mol. The van der Waals surface area contributed by atoms with Crippen molar-refractivity contribution in [3.8, 4) is 0 Å². The van der Waals surface area contributed by atoms with Crippen LogP contribution in [-0.2, 0) is 14.6 Å². The van der Waals surface area contributed by atoms with Gasteiger partial charge < -0.3 is 4.74 Å². The average Bonchev–Trinajstić information content (AvgIpc) is 2.45. The summed E-state index contributed by atoms with van der Waals surface area (Å²) in [5.41, 5.74) is 0.905. The summed E-state index contributed by atoms with van der Waals surface area (Å²) in [7, 11) is -3.49. The number of aryl methyl sites for hydroxylation is 1. The molecular formula is C16H19BrO4S. The predicted molar refractivity (Wildman–Crippen MR) is 90.8 cm³/mol. The van der Waals surface area contributed by atoms with Gasteiger partial charge in [0.25, 0.3) is 0 Å². The van der Waals surface area contributed by atoms with E-state index in [4.69, 9.17) is 4.74 Å². The van der Waals surface area contributed by atoms with E-state index in [2.05, 4.69) is 29.1 Å². The zero-order valence-corrected chi connectivity index (χ0v) is 14.9. The van der Waals surface area contributed by atoms with Crippen molar-refractivity contribution in [2.24, 2.45) is 0 Å². The molecule has 0 heterocycles. The largest absolute Gasteiger partial charge is 0.462 e. The minimum Gasteiger partial charge on any atom is -0.462 e. The maximum atomic E-state index is 12.3. The summed E-state index contributed by atoms with van der Waals surface area (Å²) < 4.78 is 30.2. The molecule has 0 unspecified atom stereocenters. The van der Waals surface area contributed by atoms with Gasteiger partial charge in [0.2, 0.25) is 0 Å². The molecule has 0 aliphatic carbocycles. The fourth-order valence-electron chi connectivity index (χ4n) is 1.77. The number of sulfone groups is 1. The van der Waals surface area contributed by atoms with Crippen LogP contribution >= 0.6 is 15.9 Å². The number of hydrogen-bond acceptors (Lipinski definition) is 4. The summed E-state index contributed by atoms with van der Waals surface area (Å²) in [6, 6.07) is 2.99. The van der Waals surface area contributed by atoms with E-state index >= 15 is 0 Å². The summed E-state index contributed by atoms with van der Waals surface area (Å²) in [6.07, 6.45) is 4.09. The maximum absolute atomic E-state index is 12.3. The Morgan fingerprint density at radius 3 is 2.50 bits per heavy atom. The van der Waals surface area contributed by atoms with Crippen LogP contribution in [0.25, 0.3) is 0 Å². The lowest BCUT2D eigenvalue weighted by Crippen LogP contribution is -2.12. The van der Waals surface area contributed by atoms with Gasteiger partial charge in [0.05, 0.1) is 22.8 Å². The monoisotopic (exact) mass is 386 g/mol. The van der Waals surface area contributed by atoms with E-state index in [9.17, 15) is 13.2 Å². The quantitative estimate of drug-likeness (QED) is 0.386. The zero-order valence-electron chi connectivity index (χ0n) is 12.5. The lowest BCUT2D eigenvalue weighted by atomic mass is 10.1. The van der Waals surface area contributed by atoms with Crippen LogP contribution in [0.3, 0.4) is 0 Å². The molecule has 6 heteroatoms. The fraction of sp³-hybridized carbons (Fsp3) is 0.312.